The Bertz CT molecular complexity index is 325. The Balaban J connectivity index is 2.78. The van der Waals surface area contributed by atoms with Crippen molar-refractivity contribution in [1.29, 1.82) is 0 Å². The number of ether oxygens (including phenoxy) is 1. The van der Waals surface area contributed by atoms with Gasteiger partial charge in [-0.3, -0.25) is 4.79 Å². The highest BCUT2D eigenvalue weighted by atomic mass is 16.5. The Kier molecular flexibility index (Phi) is 3.48. The molecule has 0 heterocycles. The lowest BCUT2D eigenvalue weighted by Gasteiger charge is -2.09. The van der Waals surface area contributed by atoms with E-state index in [1.807, 2.05) is 0 Å². The zero-order chi connectivity index (χ0) is 10.6. The van der Waals surface area contributed by atoms with Crippen molar-refractivity contribution in [3.05, 3.63) is 29.8 Å². The number of amides is 1. The highest BCUT2D eigenvalue weighted by molar-refractivity contribution is 5.74. The summed E-state index contributed by atoms with van der Waals surface area (Å²) < 4.78 is 4.98. The SMILES string of the molecule is COc1cccc([C@@H](O)CC(N)=O)c1. The van der Waals surface area contributed by atoms with Crippen LogP contribution in [0.25, 0.3) is 0 Å². The third-order valence-electron chi connectivity index (χ3n) is 1.87. The van der Waals surface area contributed by atoms with Crippen LogP contribution in [0.3, 0.4) is 0 Å². The molecule has 1 aromatic carbocycles. The van der Waals surface area contributed by atoms with Crippen molar-refractivity contribution in [3.8, 4) is 5.75 Å². The molecule has 0 aliphatic heterocycles. The van der Waals surface area contributed by atoms with Crippen LogP contribution in [0.1, 0.15) is 18.1 Å². The van der Waals surface area contributed by atoms with Gasteiger partial charge in [0, 0.05) is 0 Å². The number of nitrogens with two attached hydrogens (primary N) is 1. The van der Waals surface area contributed by atoms with E-state index in [9.17, 15) is 9.90 Å². The molecule has 76 valence electrons. The minimum atomic E-state index is -0.859. The van der Waals surface area contributed by atoms with Gasteiger partial charge in [0.25, 0.3) is 0 Å². The molecule has 1 aromatic rings. The zero-order valence-electron chi connectivity index (χ0n) is 7.93. The standard InChI is InChI=1S/C10H13NO3/c1-14-8-4-2-3-7(5-8)9(12)6-10(11)13/h2-5,9,12H,6H2,1H3,(H2,11,13)/t9-/m0/s1. The van der Waals surface area contributed by atoms with Gasteiger partial charge in [0.1, 0.15) is 5.75 Å². The van der Waals surface area contributed by atoms with Crippen LogP contribution >= 0.6 is 0 Å². The number of primary amides is 1. The van der Waals surface area contributed by atoms with E-state index in [1.165, 1.54) is 0 Å². The van der Waals surface area contributed by atoms with Crippen molar-refractivity contribution in [2.24, 2.45) is 5.73 Å². The van der Waals surface area contributed by atoms with Crippen LogP contribution in [0.4, 0.5) is 0 Å². The van der Waals surface area contributed by atoms with Crippen molar-refractivity contribution in [1.82, 2.24) is 0 Å². The highest BCUT2D eigenvalue weighted by Crippen LogP contribution is 2.20. The van der Waals surface area contributed by atoms with E-state index in [-0.39, 0.29) is 6.42 Å². The lowest BCUT2D eigenvalue weighted by molar-refractivity contribution is -0.119. The average Bonchev–Trinajstić information content (AvgIpc) is 2.17. The van der Waals surface area contributed by atoms with Crippen LogP contribution in [0.5, 0.6) is 5.75 Å². The molecule has 14 heavy (non-hydrogen) atoms. The molecule has 0 unspecified atom stereocenters. The van der Waals surface area contributed by atoms with Gasteiger partial charge in [-0.25, -0.2) is 0 Å². The molecule has 0 fully saturated rings. The van der Waals surface area contributed by atoms with Crippen molar-refractivity contribution in [2.45, 2.75) is 12.5 Å². The maximum atomic E-state index is 10.6. The van der Waals surface area contributed by atoms with Gasteiger partial charge < -0.3 is 15.6 Å². The maximum Gasteiger partial charge on any atom is 0.220 e. The van der Waals surface area contributed by atoms with Crippen LogP contribution < -0.4 is 10.5 Å². The predicted molar refractivity (Wildman–Crippen MR) is 51.8 cm³/mol. The number of hydrogen-bond acceptors (Lipinski definition) is 3. The summed E-state index contributed by atoms with van der Waals surface area (Å²) in [6.07, 6.45) is -0.935. The lowest BCUT2D eigenvalue weighted by atomic mass is 10.1. The van der Waals surface area contributed by atoms with E-state index in [1.54, 1.807) is 31.4 Å². The molecular formula is C10H13NO3. The van der Waals surface area contributed by atoms with Gasteiger partial charge in [0.2, 0.25) is 5.91 Å². The Morgan fingerprint density at radius 2 is 2.36 bits per heavy atom. The number of carbonyl (C=O) groups is 1. The average molecular weight is 195 g/mol. The van der Waals surface area contributed by atoms with Gasteiger partial charge in [-0.1, -0.05) is 12.1 Å². The molecular weight excluding hydrogens is 182 g/mol. The molecule has 0 aromatic heterocycles. The summed E-state index contributed by atoms with van der Waals surface area (Å²) in [5.41, 5.74) is 5.60. The first-order chi connectivity index (χ1) is 6.63. The predicted octanol–water partition coefficient (Wildman–Crippen LogP) is 0.604. The van der Waals surface area contributed by atoms with Gasteiger partial charge in [0.05, 0.1) is 19.6 Å². The fraction of sp³-hybridized carbons (Fsp3) is 0.300. The highest BCUT2D eigenvalue weighted by Gasteiger charge is 2.10. The fourth-order valence-electron chi connectivity index (χ4n) is 1.16. The zero-order valence-corrected chi connectivity index (χ0v) is 7.93. The van der Waals surface area contributed by atoms with Gasteiger partial charge in [0.15, 0.2) is 0 Å². The maximum absolute atomic E-state index is 10.6. The monoisotopic (exact) mass is 195 g/mol. The molecule has 0 radical (unpaired) electrons. The molecule has 3 N–H and O–H groups in total. The van der Waals surface area contributed by atoms with E-state index in [0.29, 0.717) is 11.3 Å². The molecule has 0 aliphatic rings. The minimum absolute atomic E-state index is 0.0762. The molecule has 0 saturated heterocycles. The molecule has 0 spiro atoms. The first-order valence-corrected chi connectivity index (χ1v) is 4.24. The summed E-state index contributed by atoms with van der Waals surface area (Å²) in [6, 6.07) is 6.91. The number of benzene rings is 1. The third-order valence-corrected chi connectivity index (χ3v) is 1.87. The quantitative estimate of drug-likeness (QED) is 0.739. The van der Waals surface area contributed by atoms with E-state index >= 15 is 0 Å². The van der Waals surface area contributed by atoms with Gasteiger partial charge in [-0.05, 0) is 17.7 Å². The Hall–Kier alpha value is -1.55. The second-order valence-corrected chi connectivity index (χ2v) is 2.96. The summed E-state index contributed by atoms with van der Waals surface area (Å²) in [5, 5.41) is 9.55. The Labute approximate surface area is 82.3 Å². The topological polar surface area (TPSA) is 72.6 Å². The molecule has 0 aliphatic carbocycles. The first kappa shape index (κ1) is 10.5. The molecule has 1 rings (SSSR count). The smallest absolute Gasteiger partial charge is 0.220 e. The molecule has 0 saturated carbocycles. The normalized spacial score (nSPS) is 12.1. The van der Waals surface area contributed by atoms with E-state index in [2.05, 4.69) is 0 Å². The lowest BCUT2D eigenvalue weighted by Crippen LogP contribution is -2.14. The Morgan fingerprint density at radius 3 is 2.93 bits per heavy atom. The van der Waals surface area contributed by atoms with Crippen LogP contribution in [-0.4, -0.2) is 18.1 Å². The summed E-state index contributed by atoms with van der Waals surface area (Å²) in [4.78, 5) is 10.6. The van der Waals surface area contributed by atoms with Gasteiger partial charge in [-0.2, -0.15) is 0 Å². The molecule has 4 heteroatoms. The number of rotatable bonds is 4. The number of methoxy groups -OCH3 is 1. The fourth-order valence-corrected chi connectivity index (χ4v) is 1.16. The summed E-state index contributed by atoms with van der Waals surface area (Å²) in [7, 11) is 1.54. The van der Waals surface area contributed by atoms with Crippen LogP contribution in [0.2, 0.25) is 0 Å². The van der Waals surface area contributed by atoms with Crippen molar-refractivity contribution in [3.63, 3.8) is 0 Å². The summed E-state index contributed by atoms with van der Waals surface area (Å²) in [6.45, 7) is 0. The molecule has 0 bridgehead atoms. The van der Waals surface area contributed by atoms with E-state index in [0.717, 1.165) is 0 Å². The second-order valence-electron chi connectivity index (χ2n) is 2.96. The molecule has 4 nitrogen and oxygen atoms in total. The summed E-state index contributed by atoms with van der Waals surface area (Å²) >= 11 is 0. The number of hydrogen-bond donors (Lipinski definition) is 2. The summed E-state index contributed by atoms with van der Waals surface area (Å²) in [5.74, 6) is 0.117. The van der Waals surface area contributed by atoms with Crippen molar-refractivity contribution in [2.75, 3.05) is 7.11 Å². The van der Waals surface area contributed by atoms with E-state index < -0.39 is 12.0 Å². The third kappa shape index (κ3) is 2.74. The number of aliphatic hydroxyl groups excluding tert-OH is 1. The Morgan fingerprint density at radius 1 is 1.64 bits per heavy atom. The van der Waals surface area contributed by atoms with Crippen LogP contribution in [0.15, 0.2) is 24.3 Å². The minimum Gasteiger partial charge on any atom is -0.497 e. The molecule has 1 atom stereocenters. The van der Waals surface area contributed by atoms with Gasteiger partial charge in [-0.15, -0.1) is 0 Å². The number of aliphatic hydroxyl groups is 1. The van der Waals surface area contributed by atoms with E-state index in [4.69, 9.17) is 10.5 Å². The first-order valence-electron chi connectivity index (χ1n) is 4.24. The van der Waals surface area contributed by atoms with Crippen LogP contribution in [0, 0.1) is 0 Å². The number of carbonyl (C=O) groups excluding carboxylic acids is 1. The largest absolute Gasteiger partial charge is 0.497 e. The van der Waals surface area contributed by atoms with Gasteiger partial charge >= 0.3 is 0 Å². The van der Waals surface area contributed by atoms with Crippen molar-refractivity contribution >= 4 is 5.91 Å². The van der Waals surface area contributed by atoms with Crippen molar-refractivity contribution < 1.29 is 14.6 Å². The second kappa shape index (κ2) is 4.62. The molecule has 1 amide bonds. The van der Waals surface area contributed by atoms with Crippen LogP contribution in [-0.2, 0) is 4.79 Å².